The number of carboxylic acid groups (broad SMARTS) is 1. The quantitative estimate of drug-likeness (QED) is 0.812. The van der Waals surface area contributed by atoms with E-state index in [4.69, 9.17) is 4.74 Å². The van der Waals surface area contributed by atoms with E-state index in [0.29, 0.717) is 0 Å². The van der Waals surface area contributed by atoms with Crippen LogP contribution in [-0.4, -0.2) is 35.4 Å². The molecular weight excluding hydrogens is 357 g/mol. The molecule has 0 radical (unpaired) electrons. The smallest absolute Gasteiger partial charge is 0.346 e. The number of carbonyl (C=O) groups excluding carboxylic acids is 1. The molecular formula is C19H18FNO4S. The molecule has 0 aromatic heterocycles. The second kappa shape index (κ2) is 8.23. The summed E-state index contributed by atoms with van der Waals surface area (Å²) in [5, 5.41) is 11.6. The van der Waals surface area contributed by atoms with Gasteiger partial charge in [0.15, 0.2) is 0 Å². The lowest BCUT2D eigenvalue weighted by molar-refractivity contribution is -0.145. The topological polar surface area (TPSA) is 75.6 Å². The Balaban J connectivity index is 1.63. The maximum absolute atomic E-state index is 12.9. The number of aliphatic carboxylic acids is 1. The Hall–Kier alpha value is -2.54. The highest BCUT2D eigenvalue weighted by Crippen LogP contribution is 2.36. The van der Waals surface area contributed by atoms with Gasteiger partial charge in [-0.2, -0.15) is 0 Å². The van der Waals surface area contributed by atoms with Crippen LogP contribution >= 0.6 is 11.8 Å². The number of aryl methyl sites for hydroxylation is 1. The molecule has 1 aliphatic rings. The Labute approximate surface area is 154 Å². The summed E-state index contributed by atoms with van der Waals surface area (Å²) >= 11 is 1.54. The summed E-state index contributed by atoms with van der Waals surface area (Å²) in [7, 11) is 0. The number of nitrogens with one attached hydrogen (secondary N) is 1. The average Bonchev–Trinajstić information content (AvgIpc) is 2.65. The van der Waals surface area contributed by atoms with E-state index in [2.05, 4.69) is 5.32 Å². The van der Waals surface area contributed by atoms with Crippen LogP contribution < -0.4 is 10.1 Å². The van der Waals surface area contributed by atoms with Gasteiger partial charge in [0.2, 0.25) is 12.0 Å². The van der Waals surface area contributed by atoms with Crippen molar-refractivity contribution in [2.75, 3.05) is 12.3 Å². The molecule has 2 unspecified atom stereocenters. The molecule has 2 N–H and O–H groups in total. The van der Waals surface area contributed by atoms with E-state index in [1.54, 1.807) is 0 Å². The van der Waals surface area contributed by atoms with Crippen LogP contribution in [0.4, 0.5) is 4.39 Å². The molecule has 0 saturated heterocycles. The molecule has 1 heterocycles. The van der Waals surface area contributed by atoms with Crippen LogP contribution in [0, 0.1) is 5.82 Å². The van der Waals surface area contributed by atoms with E-state index in [-0.39, 0.29) is 23.5 Å². The van der Waals surface area contributed by atoms with Gasteiger partial charge in [0.05, 0.1) is 6.54 Å². The second-order valence-corrected chi connectivity index (χ2v) is 7.06. The summed E-state index contributed by atoms with van der Waals surface area (Å²) in [5.41, 5.74) is 2.11. The zero-order valence-electron chi connectivity index (χ0n) is 13.9. The van der Waals surface area contributed by atoms with Crippen LogP contribution in [0.1, 0.15) is 16.4 Å². The normalized spacial score (nSPS) is 17.0. The number of ether oxygens (including phenoxy) is 1. The molecule has 0 fully saturated rings. The summed E-state index contributed by atoms with van der Waals surface area (Å²) in [6, 6.07) is 12.8. The highest BCUT2D eigenvalue weighted by molar-refractivity contribution is 8.00. The molecule has 7 heteroatoms. The molecule has 2 atom stereocenters. The average molecular weight is 375 g/mol. The lowest BCUT2D eigenvalue weighted by Gasteiger charge is -2.25. The number of rotatable bonds is 6. The van der Waals surface area contributed by atoms with Gasteiger partial charge in [-0.15, -0.1) is 11.8 Å². The zero-order valence-corrected chi connectivity index (χ0v) is 14.7. The fraction of sp³-hybridized carbons (Fsp3) is 0.263. The second-order valence-electron chi connectivity index (χ2n) is 5.84. The number of amides is 1. The third-order valence-electron chi connectivity index (χ3n) is 4.06. The first-order chi connectivity index (χ1) is 12.5. The van der Waals surface area contributed by atoms with Gasteiger partial charge in [0.1, 0.15) is 16.8 Å². The van der Waals surface area contributed by atoms with E-state index in [9.17, 15) is 19.1 Å². The van der Waals surface area contributed by atoms with Crippen LogP contribution in [0.3, 0.4) is 0 Å². The molecule has 2 aromatic carbocycles. The van der Waals surface area contributed by atoms with Crippen LogP contribution in [0.25, 0.3) is 0 Å². The van der Waals surface area contributed by atoms with Gasteiger partial charge in [-0.05, 0) is 47.6 Å². The number of halogens is 1. The Kier molecular flexibility index (Phi) is 5.78. The van der Waals surface area contributed by atoms with Crippen LogP contribution in [-0.2, 0) is 16.0 Å². The van der Waals surface area contributed by atoms with Crippen molar-refractivity contribution in [2.45, 2.75) is 17.8 Å². The molecule has 0 aliphatic carbocycles. The standard InChI is InChI=1S/C19H18FNO4S/c20-13-5-7-14(8-6-13)25-16(19(23)24)11-21-18(22)17-15-4-2-1-3-12(15)9-10-26-17/h1-8,16-17H,9-11H2,(H,21,22)(H,23,24). The number of hydrogen-bond acceptors (Lipinski definition) is 4. The van der Waals surface area contributed by atoms with Gasteiger partial charge in [-0.3, -0.25) is 4.79 Å². The molecule has 2 aromatic rings. The predicted molar refractivity (Wildman–Crippen MR) is 96.8 cm³/mol. The van der Waals surface area contributed by atoms with Crippen molar-refractivity contribution < 1.29 is 23.8 Å². The number of hydrogen-bond donors (Lipinski definition) is 2. The summed E-state index contributed by atoms with van der Waals surface area (Å²) in [6.07, 6.45) is -0.344. The summed E-state index contributed by atoms with van der Waals surface area (Å²) in [4.78, 5) is 24.0. The van der Waals surface area contributed by atoms with E-state index in [1.165, 1.54) is 36.0 Å². The SMILES string of the molecule is O=C(O)C(CNC(=O)C1SCCc2ccccc21)Oc1ccc(F)cc1. The molecule has 0 saturated carbocycles. The number of thioether (sulfide) groups is 1. The summed E-state index contributed by atoms with van der Waals surface area (Å²) in [5.74, 6) is -0.817. The maximum atomic E-state index is 12.9. The minimum atomic E-state index is -1.26. The number of fused-ring (bicyclic) bond motifs is 1. The van der Waals surface area contributed by atoms with Gasteiger partial charge in [-0.25, -0.2) is 9.18 Å². The van der Waals surface area contributed by atoms with E-state index < -0.39 is 17.9 Å². The Morgan fingerprint density at radius 1 is 1.23 bits per heavy atom. The van der Waals surface area contributed by atoms with Crippen LogP contribution in [0.2, 0.25) is 0 Å². The number of carbonyl (C=O) groups is 2. The third kappa shape index (κ3) is 4.35. The van der Waals surface area contributed by atoms with Crippen molar-refractivity contribution in [3.8, 4) is 5.75 Å². The molecule has 1 aliphatic heterocycles. The van der Waals surface area contributed by atoms with E-state index in [0.717, 1.165) is 23.3 Å². The summed E-state index contributed by atoms with van der Waals surface area (Å²) in [6.45, 7) is -0.176. The van der Waals surface area contributed by atoms with Crippen molar-refractivity contribution in [1.29, 1.82) is 0 Å². The summed E-state index contributed by atoms with van der Waals surface area (Å²) < 4.78 is 18.3. The van der Waals surface area contributed by atoms with Gasteiger partial charge in [0, 0.05) is 0 Å². The minimum Gasteiger partial charge on any atom is -0.478 e. The largest absolute Gasteiger partial charge is 0.478 e. The van der Waals surface area contributed by atoms with Crippen LogP contribution in [0.5, 0.6) is 5.75 Å². The van der Waals surface area contributed by atoms with Crippen LogP contribution in [0.15, 0.2) is 48.5 Å². The first-order valence-corrected chi connectivity index (χ1v) is 9.21. The number of carboxylic acids is 1. The highest BCUT2D eigenvalue weighted by Gasteiger charge is 2.28. The molecule has 5 nitrogen and oxygen atoms in total. The molecule has 26 heavy (non-hydrogen) atoms. The van der Waals surface area contributed by atoms with E-state index >= 15 is 0 Å². The molecule has 0 spiro atoms. The molecule has 0 bridgehead atoms. The molecule has 3 rings (SSSR count). The third-order valence-corrected chi connectivity index (χ3v) is 5.30. The first-order valence-electron chi connectivity index (χ1n) is 8.17. The maximum Gasteiger partial charge on any atom is 0.346 e. The van der Waals surface area contributed by atoms with Crippen molar-refractivity contribution in [1.82, 2.24) is 5.32 Å². The zero-order chi connectivity index (χ0) is 18.5. The Morgan fingerprint density at radius 3 is 2.69 bits per heavy atom. The van der Waals surface area contributed by atoms with Gasteiger partial charge >= 0.3 is 5.97 Å². The first kappa shape index (κ1) is 18.3. The Morgan fingerprint density at radius 2 is 1.96 bits per heavy atom. The minimum absolute atomic E-state index is 0.176. The van der Waals surface area contributed by atoms with Crippen molar-refractivity contribution in [3.63, 3.8) is 0 Å². The molecule has 136 valence electrons. The van der Waals surface area contributed by atoms with Crippen molar-refractivity contribution in [3.05, 3.63) is 65.5 Å². The monoisotopic (exact) mass is 375 g/mol. The van der Waals surface area contributed by atoms with Crippen molar-refractivity contribution in [2.24, 2.45) is 0 Å². The lowest BCUT2D eigenvalue weighted by atomic mass is 10.0. The van der Waals surface area contributed by atoms with Crippen molar-refractivity contribution >= 4 is 23.6 Å². The van der Waals surface area contributed by atoms with Gasteiger partial charge in [-0.1, -0.05) is 24.3 Å². The number of benzene rings is 2. The lowest BCUT2D eigenvalue weighted by Crippen LogP contribution is -2.42. The van der Waals surface area contributed by atoms with Gasteiger partial charge in [0.25, 0.3) is 0 Å². The van der Waals surface area contributed by atoms with E-state index in [1.807, 2.05) is 24.3 Å². The highest BCUT2D eigenvalue weighted by atomic mass is 32.2. The fourth-order valence-electron chi connectivity index (χ4n) is 2.75. The van der Waals surface area contributed by atoms with Gasteiger partial charge < -0.3 is 15.2 Å². The molecule has 1 amide bonds. The predicted octanol–water partition coefficient (Wildman–Crippen LogP) is 2.80. The Bertz CT molecular complexity index is 796. The fourth-order valence-corrected chi connectivity index (χ4v) is 3.97.